The molecule has 2 atom stereocenters. The summed E-state index contributed by atoms with van der Waals surface area (Å²) in [5, 5.41) is 3.49. The number of benzene rings is 2. The van der Waals surface area contributed by atoms with Gasteiger partial charge in [-0.25, -0.2) is 0 Å². The van der Waals surface area contributed by atoms with E-state index in [2.05, 4.69) is 54.7 Å². The van der Waals surface area contributed by atoms with Crippen LogP contribution in [0, 0.1) is 6.92 Å². The van der Waals surface area contributed by atoms with Crippen molar-refractivity contribution in [2.24, 2.45) is 0 Å². The molecule has 1 aliphatic heterocycles. The molecule has 2 unspecified atom stereocenters. The van der Waals surface area contributed by atoms with Crippen molar-refractivity contribution in [2.75, 3.05) is 13.7 Å². The first-order valence-corrected chi connectivity index (χ1v) is 7.25. The average Bonchev–Trinajstić information content (AvgIpc) is 2.50. The predicted octanol–water partition coefficient (Wildman–Crippen LogP) is 3.82. The molecule has 20 heavy (non-hydrogen) atoms. The minimum Gasteiger partial charge on any atom is -0.493 e. The Bertz CT molecular complexity index is 576. The van der Waals surface area contributed by atoms with Crippen LogP contribution in [0.5, 0.6) is 5.75 Å². The van der Waals surface area contributed by atoms with E-state index in [9.17, 15) is 0 Å². The molecule has 2 aromatic rings. The van der Waals surface area contributed by atoms with Crippen molar-refractivity contribution < 1.29 is 4.74 Å². The molecule has 1 N–H and O–H groups in total. The number of likely N-dealkylation sites (N-methyl/N-ethyl adjacent to an activating group) is 1. The molecular weight excluding hydrogens is 246 g/mol. The summed E-state index contributed by atoms with van der Waals surface area (Å²) in [5.74, 6) is 1.50. The zero-order chi connectivity index (χ0) is 13.9. The summed E-state index contributed by atoms with van der Waals surface area (Å²) >= 11 is 0. The molecular formula is C18H21NO. The number of hydrogen-bond donors (Lipinski definition) is 1. The van der Waals surface area contributed by atoms with Gasteiger partial charge in [0.1, 0.15) is 5.75 Å². The quantitative estimate of drug-likeness (QED) is 0.912. The van der Waals surface area contributed by atoms with Crippen LogP contribution in [-0.4, -0.2) is 13.7 Å². The predicted molar refractivity (Wildman–Crippen MR) is 82.3 cm³/mol. The van der Waals surface area contributed by atoms with Gasteiger partial charge in [0, 0.05) is 12.0 Å². The van der Waals surface area contributed by atoms with Crippen LogP contribution in [0.2, 0.25) is 0 Å². The smallest absolute Gasteiger partial charge is 0.122 e. The van der Waals surface area contributed by atoms with Gasteiger partial charge in [-0.3, -0.25) is 0 Å². The fourth-order valence-electron chi connectivity index (χ4n) is 3.09. The van der Waals surface area contributed by atoms with E-state index in [-0.39, 0.29) is 0 Å². The molecule has 0 aliphatic carbocycles. The van der Waals surface area contributed by atoms with Gasteiger partial charge in [0.2, 0.25) is 0 Å². The summed E-state index contributed by atoms with van der Waals surface area (Å²) in [7, 11) is 2.04. The Morgan fingerprint density at radius 2 is 1.85 bits per heavy atom. The molecule has 0 spiro atoms. The Labute approximate surface area is 120 Å². The molecule has 104 valence electrons. The third-order valence-electron chi connectivity index (χ3n) is 4.15. The highest BCUT2D eigenvalue weighted by molar-refractivity contribution is 5.40. The number of nitrogens with one attached hydrogen (secondary N) is 1. The van der Waals surface area contributed by atoms with E-state index in [1.165, 1.54) is 16.7 Å². The first-order valence-electron chi connectivity index (χ1n) is 7.25. The molecule has 0 saturated carbocycles. The van der Waals surface area contributed by atoms with Gasteiger partial charge in [-0.1, -0.05) is 48.0 Å². The second-order valence-electron chi connectivity index (χ2n) is 5.46. The van der Waals surface area contributed by atoms with E-state index in [0.29, 0.717) is 12.0 Å². The van der Waals surface area contributed by atoms with Gasteiger partial charge >= 0.3 is 0 Å². The van der Waals surface area contributed by atoms with Crippen LogP contribution in [0.15, 0.2) is 48.5 Å². The van der Waals surface area contributed by atoms with E-state index < -0.39 is 0 Å². The standard InChI is InChI=1S/C18H21NO/c1-13-7-9-14(10-8-13)18(19-2)16-11-12-20-17-6-4-3-5-15(16)17/h3-10,16,18-19H,11-12H2,1-2H3. The van der Waals surface area contributed by atoms with Crippen molar-refractivity contribution in [1.82, 2.24) is 5.32 Å². The summed E-state index contributed by atoms with van der Waals surface area (Å²) in [5.41, 5.74) is 3.97. The number of para-hydroxylation sites is 1. The molecule has 0 fully saturated rings. The van der Waals surface area contributed by atoms with Gasteiger partial charge in [0.05, 0.1) is 6.61 Å². The third-order valence-corrected chi connectivity index (χ3v) is 4.15. The van der Waals surface area contributed by atoms with Crippen LogP contribution in [0.1, 0.15) is 35.1 Å². The van der Waals surface area contributed by atoms with Crippen LogP contribution in [-0.2, 0) is 0 Å². The zero-order valence-electron chi connectivity index (χ0n) is 12.1. The lowest BCUT2D eigenvalue weighted by Crippen LogP contribution is -2.28. The monoisotopic (exact) mass is 267 g/mol. The second kappa shape index (κ2) is 5.68. The number of hydrogen-bond acceptors (Lipinski definition) is 2. The lowest BCUT2D eigenvalue weighted by molar-refractivity contribution is 0.248. The minimum atomic E-state index is 0.334. The molecule has 0 bridgehead atoms. The maximum absolute atomic E-state index is 5.78. The molecule has 0 radical (unpaired) electrons. The first kappa shape index (κ1) is 13.2. The number of aryl methyl sites for hydroxylation is 1. The first-order chi connectivity index (χ1) is 9.79. The summed E-state index contributed by atoms with van der Waals surface area (Å²) < 4.78 is 5.78. The van der Waals surface area contributed by atoms with E-state index in [1.54, 1.807) is 0 Å². The molecule has 0 amide bonds. The van der Waals surface area contributed by atoms with Gasteiger partial charge in [0.15, 0.2) is 0 Å². The molecule has 2 nitrogen and oxygen atoms in total. The molecule has 3 rings (SSSR count). The third kappa shape index (κ3) is 2.44. The molecule has 0 saturated heterocycles. The van der Waals surface area contributed by atoms with Gasteiger partial charge in [-0.2, -0.15) is 0 Å². The van der Waals surface area contributed by atoms with Crippen LogP contribution < -0.4 is 10.1 Å². The number of ether oxygens (including phenoxy) is 1. The van der Waals surface area contributed by atoms with Crippen LogP contribution in [0.4, 0.5) is 0 Å². The topological polar surface area (TPSA) is 21.3 Å². The lowest BCUT2D eigenvalue weighted by Gasteiger charge is -2.32. The van der Waals surface area contributed by atoms with Gasteiger partial charge in [-0.05, 0) is 37.6 Å². The minimum absolute atomic E-state index is 0.334. The van der Waals surface area contributed by atoms with Gasteiger partial charge < -0.3 is 10.1 Å². The Balaban J connectivity index is 1.96. The maximum atomic E-state index is 5.78. The summed E-state index contributed by atoms with van der Waals surface area (Å²) in [4.78, 5) is 0. The fraction of sp³-hybridized carbons (Fsp3) is 0.333. The Kier molecular flexibility index (Phi) is 3.75. The van der Waals surface area contributed by atoms with E-state index >= 15 is 0 Å². The highest BCUT2D eigenvalue weighted by atomic mass is 16.5. The zero-order valence-corrected chi connectivity index (χ0v) is 12.1. The average molecular weight is 267 g/mol. The number of fused-ring (bicyclic) bond motifs is 1. The SMILES string of the molecule is CNC(c1ccc(C)cc1)C1CCOc2ccccc21. The molecule has 2 heteroatoms. The summed E-state index contributed by atoms with van der Waals surface area (Å²) in [6.07, 6.45) is 1.05. The van der Waals surface area contributed by atoms with E-state index in [0.717, 1.165) is 18.8 Å². The lowest BCUT2D eigenvalue weighted by atomic mass is 9.83. The maximum Gasteiger partial charge on any atom is 0.122 e. The van der Waals surface area contributed by atoms with Gasteiger partial charge in [0.25, 0.3) is 0 Å². The van der Waals surface area contributed by atoms with E-state index in [1.807, 2.05) is 13.1 Å². The van der Waals surface area contributed by atoms with Crippen molar-refractivity contribution in [1.29, 1.82) is 0 Å². The Morgan fingerprint density at radius 3 is 2.60 bits per heavy atom. The Hall–Kier alpha value is -1.80. The van der Waals surface area contributed by atoms with Crippen LogP contribution in [0.3, 0.4) is 0 Å². The van der Waals surface area contributed by atoms with Crippen LogP contribution >= 0.6 is 0 Å². The van der Waals surface area contributed by atoms with Crippen molar-refractivity contribution >= 4 is 0 Å². The normalized spacial score (nSPS) is 19.0. The summed E-state index contributed by atoms with van der Waals surface area (Å²) in [6, 6.07) is 17.6. The fourth-order valence-corrected chi connectivity index (χ4v) is 3.09. The number of rotatable bonds is 3. The molecule has 1 aliphatic rings. The van der Waals surface area contributed by atoms with Crippen molar-refractivity contribution in [2.45, 2.75) is 25.3 Å². The van der Waals surface area contributed by atoms with E-state index in [4.69, 9.17) is 4.74 Å². The largest absolute Gasteiger partial charge is 0.493 e. The molecule has 1 heterocycles. The van der Waals surface area contributed by atoms with Gasteiger partial charge in [-0.15, -0.1) is 0 Å². The van der Waals surface area contributed by atoms with Crippen molar-refractivity contribution in [3.05, 3.63) is 65.2 Å². The second-order valence-corrected chi connectivity index (χ2v) is 5.46. The highest BCUT2D eigenvalue weighted by Crippen LogP contribution is 2.41. The van der Waals surface area contributed by atoms with Crippen molar-refractivity contribution in [3.8, 4) is 5.75 Å². The summed E-state index contributed by atoms with van der Waals surface area (Å²) in [6.45, 7) is 2.92. The van der Waals surface area contributed by atoms with Crippen LogP contribution in [0.25, 0.3) is 0 Å². The highest BCUT2D eigenvalue weighted by Gasteiger charge is 2.28. The van der Waals surface area contributed by atoms with Crippen molar-refractivity contribution in [3.63, 3.8) is 0 Å². The molecule has 2 aromatic carbocycles. The Morgan fingerprint density at radius 1 is 1.10 bits per heavy atom. The molecule has 0 aromatic heterocycles.